The molecule has 2 aromatic heterocycles. The van der Waals surface area contributed by atoms with E-state index in [0.29, 0.717) is 5.82 Å². The lowest BCUT2D eigenvalue weighted by Gasteiger charge is -2.17. The van der Waals surface area contributed by atoms with Gasteiger partial charge in [-0.05, 0) is 12.1 Å². The summed E-state index contributed by atoms with van der Waals surface area (Å²) < 4.78 is 0. The molecule has 16 heavy (non-hydrogen) atoms. The molecule has 0 fully saturated rings. The second-order valence-corrected chi connectivity index (χ2v) is 3.52. The zero-order valence-electron chi connectivity index (χ0n) is 8.51. The third kappa shape index (κ3) is 1.90. The van der Waals surface area contributed by atoms with E-state index in [9.17, 15) is 4.79 Å². The van der Waals surface area contributed by atoms with Gasteiger partial charge < -0.3 is 9.88 Å². The summed E-state index contributed by atoms with van der Waals surface area (Å²) in [5.74, 6) is 0.401. The van der Waals surface area contributed by atoms with Gasteiger partial charge in [-0.15, -0.1) is 0 Å². The van der Waals surface area contributed by atoms with E-state index in [2.05, 4.69) is 15.0 Å². The number of aromatic nitrogens is 3. The highest BCUT2D eigenvalue weighted by atomic mass is 35.5. The fraction of sp³-hybridized carbons (Fsp3) is 0.100. The molecule has 0 atom stereocenters. The van der Waals surface area contributed by atoms with Gasteiger partial charge in [0.1, 0.15) is 5.02 Å². The minimum absolute atomic E-state index is 0.0638. The van der Waals surface area contributed by atoms with Crippen LogP contribution in [0.4, 0.5) is 11.5 Å². The number of aromatic amines is 1. The molecule has 0 amide bonds. The van der Waals surface area contributed by atoms with Gasteiger partial charge in [-0.2, -0.15) is 0 Å². The molecule has 2 heterocycles. The molecular formula is C10H9ClN4O. The van der Waals surface area contributed by atoms with Gasteiger partial charge in [-0.25, -0.2) is 4.98 Å². The Labute approximate surface area is 96.7 Å². The highest BCUT2D eigenvalue weighted by molar-refractivity contribution is 6.32. The average molecular weight is 237 g/mol. The molecule has 0 aromatic carbocycles. The van der Waals surface area contributed by atoms with Crippen molar-refractivity contribution < 1.29 is 0 Å². The van der Waals surface area contributed by atoms with E-state index in [-0.39, 0.29) is 10.6 Å². The molecule has 0 unspecified atom stereocenters. The van der Waals surface area contributed by atoms with E-state index in [4.69, 9.17) is 11.6 Å². The monoisotopic (exact) mass is 236 g/mol. The van der Waals surface area contributed by atoms with Crippen molar-refractivity contribution in [3.63, 3.8) is 0 Å². The van der Waals surface area contributed by atoms with E-state index < -0.39 is 0 Å². The third-order valence-corrected chi connectivity index (χ3v) is 2.47. The summed E-state index contributed by atoms with van der Waals surface area (Å²) in [4.78, 5) is 23.4. The van der Waals surface area contributed by atoms with Crippen molar-refractivity contribution >= 4 is 23.1 Å². The predicted octanol–water partition coefficient (Wildman–Crippen LogP) is 1.59. The first-order valence-electron chi connectivity index (χ1n) is 4.57. The Morgan fingerprint density at radius 2 is 2.31 bits per heavy atom. The first-order valence-corrected chi connectivity index (χ1v) is 4.95. The van der Waals surface area contributed by atoms with Crippen LogP contribution in [-0.2, 0) is 0 Å². The van der Waals surface area contributed by atoms with Crippen LogP contribution in [0.3, 0.4) is 0 Å². The third-order valence-electron chi connectivity index (χ3n) is 2.13. The predicted molar refractivity (Wildman–Crippen MR) is 62.2 cm³/mol. The number of anilines is 2. The van der Waals surface area contributed by atoms with Crippen LogP contribution in [0.2, 0.25) is 5.02 Å². The number of nitrogens with one attached hydrogen (secondary N) is 1. The normalized spacial score (nSPS) is 10.1. The lowest BCUT2D eigenvalue weighted by Crippen LogP contribution is -2.17. The summed E-state index contributed by atoms with van der Waals surface area (Å²) in [7, 11) is 1.77. The lowest BCUT2D eigenvalue weighted by molar-refractivity contribution is 1.05. The minimum atomic E-state index is -0.359. The van der Waals surface area contributed by atoms with Gasteiger partial charge in [-0.1, -0.05) is 11.6 Å². The number of H-pyrrole nitrogens is 1. The van der Waals surface area contributed by atoms with Crippen LogP contribution in [0.25, 0.3) is 0 Å². The summed E-state index contributed by atoms with van der Waals surface area (Å²) in [5, 5.41) is 0.0638. The Morgan fingerprint density at radius 1 is 1.50 bits per heavy atom. The van der Waals surface area contributed by atoms with Gasteiger partial charge in [0, 0.05) is 13.2 Å². The Morgan fingerprint density at radius 3 is 3.00 bits per heavy atom. The molecule has 0 spiro atoms. The van der Waals surface area contributed by atoms with Gasteiger partial charge in [0.2, 0.25) is 0 Å². The van der Waals surface area contributed by atoms with Gasteiger partial charge in [0.15, 0.2) is 5.82 Å². The maximum Gasteiger partial charge on any atom is 0.271 e. The number of hydrogen-bond donors (Lipinski definition) is 1. The topological polar surface area (TPSA) is 61.9 Å². The van der Waals surface area contributed by atoms with Gasteiger partial charge in [0.25, 0.3) is 5.56 Å². The largest absolute Gasteiger partial charge is 0.327 e. The fourth-order valence-electron chi connectivity index (χ4n) is 1.28. The zero-order chi connectivity index (χ0) is 11.5. The van der Waals surface area contributed by atoms with Crippen LogP contribution in [0, 0.1) is 0 Å². The molecule has 0 aliphatic heterocycles. The van der Waals surface area contributed by atoms with E-state index in [0.717, 1.165) is 5.69 Å². The molecule has 0 radical (unpaired) electrons. The second-order valence-electron chi connectivity index (χ2n) is 3.14. The molecule has 0 aliphatic rings. The maximum atomic E-state index is 11.3. The first kappa shape index (κ1) is 10.6. The highest BCUT2D eigenvalue weighted by Crippen LogP contribution is 2.24. The average Bonchev–Trinajstić information content (AvgIpc) is 2.33. The van der Waals surface area contributed by atoms with Gasteiger partial charge in [0.05, 0.1) is 18.2 Å². The van der Waals surface area contributed by atoms with Crippen molar-refractivity contribution in [2.75, 3.05) is 11.9 Å². The van der Waals surface area contributed by atoms with Crippen molar-refractivity contribution in [3.05, 3.63) is 46.2 Å². The molecule has 0 aliphatic carbocycles. The van der Waals surface area contributed by atoms with E-state index in [1.54, 1.807) is 30.4 Å². The number of hydrogen-bond acceptors (Lipinski definition) is 4. The second kappa shape index (κ2) is 4.32. The Bertz CT molecular complexity index is 540. The summed E-state index contributed by atoms with van der Waals surface area (Å²) in [6, 6.07) is 3.65. The molecule has 82 valence electrons. The summed E-state index contributed by atoms with van der Waals surface area (Å²) >= 11 is 5.87. The SMILES string of the molecule is CN(c1cccnc1)c1nc[nH]c(=O)c1Cl. The first-order chi connectivity index (χ1) is 7.70. The van der Waals surface area contributed by atoms with Crippen molar-refractivity contribution in [2.45, 2.75) is 0 Å². The maximum absolute atomic E-state index is 11.3. The van der Waals surface area contributed by atoms with Crippen molar-refractivity contribution in [1.82, 2.24) is 15.0 Å². The summed E-state index contributed by atoms with van der Waals surface area (Å²) in [5.41, 5.74) is 0.449. The molecule has 6 heteroatoms. The molecule has 0 saturated carbocycles. The van der Waals surface area contributed by atoms with Gasteiger partial charge >= 0.3 is 0 Å². The Hall–Kier alpha value is -1.88. The summed E-state index contributed by atoms with van der Waals surface area (Å²) in [6.07, 6.45) is 4.65. The lowest BCUT2D eigenvalue weighted by atomic mass is 10.4. The smallest absolute Gasteiger partial charge is 0.271 e. The van der Waals surface area contributed by atoms with Crippen molar-refractivity contribution in [2.24, 2.45) is 0 Å². The van der Waals surface area contributed by atoms with Crippen LogP contribution in [0.1, 0.15) is 0 Å². The van der Waals surface area contributed by atoms with E-state index in [1.807, 2.05) is 6.07 Å². The van der Waals surface area contributed by atoms with E-state index >= 15 is 0 Å². The molecule has 0 bridgehead atoms. The van der Waals surface area contributed by atoms with Crippen molar-refractivity contribution in [1.29, 1.82) is 0 Å². The number of pyridine rings is 1. The Balaban J connectivity index is 2.46. The van der Waals surface area contributed by atoms with Crippen molar-refractivity contribution in [3.8, 4) is 0 Å². The fourth-order valence-corrected chi connectivity index (χ4v) is 1.51. The van der Waals surface area contributed by atoms with Crippen LogP contribution in [0.5, 0.6) is 0 Å². The molecule has 2 aromatic rings. The minimum Gasteiger partial charge on any atom is -0.327 e. The van der Waals surface area contributed by atoms with Crippen LogP contribution in [0.15, 0.2) is 35.6 Å². The number of halogens is 1. The molecular weight excluding hydrogens is 228 g/mol. The van der Waals surface area contributed by atoms with E-state index in [1.165, 1.54) is 6.33 Å². The van der Waals surface area contributed by atoms with Crippen LogP contribution in [-0.4, -0.2) is 22.0 Å². The summed E-state index contributed by atoms with van der Waals surface area (Å²) in [6.45, 7) is 0. The molecule has 2 rings (SSSR count). The van der Waals surface area contributed by atoms with Gasteiger partial charge in [-0.3, -0.25) is 9.78 Å². The number of rotatable bonds is 2. The quantitative estimate of drug-likeness (QED) is 0.860. The zero-order valence-corrected chi connectivity index (χ0v) is 9.27. The Kier molecular flexibility index (Phi) is 2.87. The van der Waals surface area contributed by atoms with Crippen LogP contribution < -0.4 is 10.5 Å². The highest BCUT2D eigenvalue weighted by Gasteiger charge is 2.11. The molecule has 5 nitrogen and oxygen atoms in total. The molecule has 0 saturated heterocycles. The molecule has 1 N–H and O–H groups in total. The number of nitrogens with zero attached hydrogens (tertiary/aromatic N) is 3. The standard InChI is InChI=1S/C10H9ClN4O/c1-15(7-3-2-4-12-5-7)9-8(11)10(16)14-6-13-9/h2-6H,1H3,(H,13,14,16). The van der Waals surface area contributed by atoms with Crippen LogP contribution >= 0.6 is 11.6 Å².